The molecule has 0 N–H and O–H groups in total. The molecule has 1 aliphatic heterocycles. The number of rotatable bonds is 3. The van der Waals surface area contributed by atoms with Crippen LogP contribution in [-0.4, -0.2) is 29.0 Å². The van der Waals surface area contributed by atoms with Crippen LogP contribution in [0.1, 0.15) is 23.2 Å². The lowest BCUT2D eigenvalue weighted by atomic mass is 10.1. The third kappa shape index (κ3) is 2.27. The van der Waals surface area contributed by atoms with Gasteiger partial charge in [-0.05, 0) is 18.2 Å². The van der Waals surface area contributed by atoms with Crippen molar-refractivity contribution < 1.29 is 23.2 Å². The van der Waals surface area contributed by atoms with Crippen LogP contribution in [-0.2, 0) is 9.59 Å². The van der Waals surface area contributed by atoms with Crippen LogP contribution in [0.5, 0.6) is 0 Å². The van der Waals surface area contributed by atoms with E-state index in [1.165, 1.54) is 0 Å². The van der Waals surface area contributed by atoms with Gasteiger partial charge in [0.05, 0.1) is 12.1 Å². The summed E-state index contributed by atoms with van der Waals surface area (Å²) in [5.41, 5.74) is -0.456. The molecule has 94 valence electrons. The molecule has 1 aromatic rings. The second-order valence-electron chi connectivity index (χ2n) is 3.92. The van der Waals surface area contributed by atoms with E-state index in [1.807, 2.05) is 0 Å². The highest BCUT2D eigenvalue weighted by atomic mass is 19.1. The molecule has 2 amide bonds. The highest BCUT2D eigenvalue weighted by Gasteiger charge is 2.31. The summed E-state index contributed by atoms with van der Waals surface area (Å²) in [6.45, 7) is -0.544. The Morgan fingerprint density at radius 2 is 1.78 bits per heavy atom. The number of benzene rings is 1. The predicted molar refractivity (Wildman–Crippen MR) is 56.6 cm³/mol. The average Bonchev–Trinajstić information content (AvgIpc) is 2.64. The minimum absolute atomic E-state index is 0.0533. The molecule has 0 aromatic heterocycles. The number of nitrogens with zero attached hydrogens (tertiary/aromatic N) is 1. The summed E-state index contributed by atoms with van der Waals surface area (Å²) in [5.74, 6) is -3.36. The van der Waals surface area contributed by atoms with Crippen LogP contribution in [0.15, 0.2) is 18.2 Å². The van der Waals surface area contributed by atoms with Crippen molar-refractivity contribution in [3.8, 4) is 0 Å². The molecule has 6 heteroatoms. The molecule has 0 unspecified atom stereocenters. The molecule has 1 heterocycles. The molecule has 1 aliphatic rings. The molecule has 4 nitrogen and oxygen atoms in total. The lowest BCUT2D eigenvalue weighted by Gasteiger charge is -2.12. The molecule has 0 aliphatic carbocycles. The lowest BCUT2D eigenvalue weighted by molar-refractivity contribution is -0.137. The highest BCUT2D eigenvalue weighted by Crippen LogP contribution is 2.15. The van der Waals surface area contributed by atoms with Crippen LogP contribution >= 0.6 is 0 Å². The van der Waals surface area contributed by atoms with Crippen molar-refractivity contribution in [3.63, 3.8) is 0 Å². The van der Waals surface area contributed by atoms with Gasteiger partial charge < -0.3 is 0 Å². The maximum absolute atomic E-state index is 13.3. The SMILES string of the molecule is O=C(CN1C(=O)CCC1=O)c1cc(F)ccc1F. The van der Waals surface area contributed by atoms with Crippen molar-refractivity contribution in [2.45, 2.75) is 12.8 Å². The van der Waals surface area contributed by atoms with Gasteiger partial charge in [0.15, 0.2) is 5.78 Å². The van der Waals surface area contributed by atoms with Crippen LogP contribution in [0.25, 0.3) is 0 Å². The Morgan fingerprint density at radius 1 is 1.17 bits per heavy atom. The second-order valence-corrected chi connectivity index (χ2v) is 3.92. The van der Waals surface area contributed by atoms with Crippen molar-refractivity contribution in [3.05, 3.63) is 35.4 Å². The first-order valence-corrected chi connectivity index (χ1v) is 5.30. The number of carbonyl (C=O) groups excluding carboxylic acids is 3. The fourth-order valence-corrected chi connectivity index (χ4v) is 1.74. The van der Waals surface area contributed by atoms with E-state index in [0.717, 1.165) is 23.1 Å². The molecule has 0 spiro atoms. The first kappa shape index (κ1) is 12.3. The number of halogens is 2. The molecule has 2 rings (SSSR count). The average molecular weight is 253 g/mol. The molecule has 1 aromatic carbocycles. The second kappa shape index (κ2) is 4.64. The van der Waals surface area contributed by atoms with E-state index in [1.54, 1.807) is 0 Å². The van der Waals surface area contributed by atoms with Gasteiger partial charge in [0.2, 0.25) is 11.8 Å². The van der Waals surface area contributed by atoms with Gasteiger partial charge in [-0.3, -0.25) is 19.3 Å². The normalized spacial score (nSPS) is 15.3. The molecular formula is C12H9F2NO3. The van der Waals surface area contributed by atoms with Crippen LogP contribution < -0.4 is 0 Å². The van der Waals surface area contributed by atoms with E-state index in [2.05, 4.69) is 0 Å². The fourth-order valence-electron chi connectivity index (χ4n) is 1.74. The maximum Gasteiger partial charge on any atom is 0.230 e. The minimum atomic E-state index is -0.875. The third-order valence-corrected chi connectivity index (χ3v) is 2.69. The van der Waals surface area contributed by atoms with Crippen LogP contribution in [0.2, 0.25) is 0 Å². The highest BCUT2D eigenvalue weighted by molar-refractivity contribution is 6.07. The monoisotopic (exact) mass is 253 g/mol. The smallest absolute Gasteiger partial charge is 0.230 e. The summed E-state index contributed by atoms with van der Waals surface area (Å²) in [6, 6.07) is 2.47. The summed E-state index contributed by atoms with van der Waals surface area (Å²) in [5, 5.41) is 0. The van der Waals surface area contributed by atoms with E-state index in [-0.39, 0.29) is 12.8 Å². The van der Waals surface area contributed by atoms with Gasteiger partial charge in [-0.25, -0.2) is 8.78 Å². The van der Waals surface area contributed by atoms with Gasteiger partial charge in [0.1, 0.15) is 11.6 Å². The molecule has 0 atom stereocenters. The van der Waals surface area contributed by atoms with Crippen molar-refractivity contribution in [1.82, 2.24) is 4.90 Å². The Kier molecular flexibility index (Phi) is 3.18. The first-order chi connectivity index (χ1) is 8.49. The van der Waals surface area contributed by atoms with Gasteiger partial charge in [0.25, 0.3) is 0 Å². The van der Waals surface area contributed by atoms with Crippen LogP contribution in [0.3, 0.4) is 0 Å². The zero-order valence-electron chi connectivity index (χ0n) is 9.28. The topological polar surface area (TPSA) is 54.5 Å². The van der Waals surface area contributed by atoms with E-state index >= 15 is 0 Å². The Bertz CT molecular complexity index is 526. The third-order valence-electron chi connectivity index (χ3n) is 2.69. The number of amides is 2. The number of likely N-dealkylation sites (tertiary alicyclic amines) is 1. The van der Waals surface area contributed by atoms with Crippen LogP contribution in [0.4, 0.5) is 8.78 Å². The standard InChI is InChI=1S/C12H9F2NO3/c13-7-1-2-9(14)8(5-7)10(16)6-15-11(17)3-4-12(15)18/h1-2,5H,3-4,6H2. The Morgan fingerprint density at radius 3 is 2.39 bits per heavy atom. The Hall–Kier alpha value is -2.11. The van der Waals surface area contributed by atoms with Gasteiger partial charge in [-0.1, -0.05) is 0 Å². The lowest BCUT2D eigenvalue weighted by Crippen LogP contribution is -2.34. The summed E-state index contributed by atoms with van der Waals surface area (Å²) >= 11 is 0. The first-order valence-electron chi connectivity index (χ1n) is 5.30. The summed E-state index contributed by atoms with van der Waals surface area (Å²) < 4.78 is 26.2. The minimum Gasteiger partial charge on any atom is -0.292 e. The van der Waals surface area contributed by atoms with Gasteiger partial charge in [0, 0.05) is 12.8 Å². The summed E-state index contributed by atoms with van der Waals surface area (Å²) in [6.07, 6.45) is 0.107. The summed E-state index contributed by atoms with van der Waals surface area (Å²) in [7, 11) is 0. The van der Waals surface area contributed by atoms with Gasteiger partial charge in [-0.2, -0.15) is 0 Å². The van der Waals surface area contributed by atoms with Crippen molar-refractivity contribution >= 4 is 17.6 Å². The Balaban J connectivity index is 2.19. The van der Waals surface area contributed by atoms with Crippen LogP contribution in [0, 0.1) is 11.6 Å². The molecule has 0 saturated carbocycles. The van der Waals surface area contributed by atoms with Crippen molar-refractivity contribution in [2.75, 3.05) is 6.54 Å². The Labute approximate surface area is 101 Å². The molecule has 1 saturated heterocycles. The number of imide groups is 1. The molecular weight excluding hydrogens is 244 g/mol. The van der Waals surface area contributed by atoms with E-state index in [0.29, 0.717) is 0 Å². The number of ketones is 1. The van der Waals surface area contributed by atoms with Gasteiger partial charge >= 0.3 is 0 Å². The van der Waals surface area contributed by atoms with Crippen molar-refractivity contribution in [2.24, 2.45) is 0 Å². The zero-order chi connectivity index (χ0) is 13.3. The van der Waals surface area contributed by atoms with Crippen molar-refractivity contribution in [1.29, 1.82) is 0 Å². The van der Waals surface area contributed by atoms with E-state index in [4.69, 9.17) is 0 Å². The molecule has 0 bridgehead atoms. The number of hydrogen-bond donors (Lipinski definition) is 0. The summed E-state index contributed by atoms with van der Waals surface area (Å²) in [4.78, 5) is 35.1. The predicted octanol–water partition coefficient (Wildman–Crippen LogP) is 1.30. The quantitative estimate of drug-likeness (QED) is 0.602. The van der Waals surface area contributed by atoms with Gasteiger partial charge in [-0.15, -0.1) is 0 Å². The molecule has 18 heavy (non-hydrogen) atoms. The molecule has 1 fully saturated rings. The number of hydrogen-bond acceptors (Lipinski definition) is 3. The number of Topliss-reactive ketones (excluding diaryl/α,β-unsaturated/α-hetero) is 1. The molecule has 0 radical (unpaired) electrons. The largest absolute Gasteiger partial charge is 0.292 e. The maximum atomic E-state index is 13.3. The number of carbonyl (C=O) groups is 3. The van der Waals surface area contributed by atoms with E-state index < -0.39 is 41.3 Å². The zero-order valence-corrected chi connectivity index (χ0v) is 9.28. The van der Waals surface area contributed by atoms with E-state index in [9.17, 15) is 23.2 Å². The fraction of sp³-hybridized carbons (Fsp3) is 0.250.